The maximum atomic E-state index is 11.9. The smallest absolute Gasteiger partial charge is 0.251 e. The van der Waals surface area contributed by atoms with Crippen molar-refractivity contribution in [1.82, 2.24) is 5.32 Å². The molecule has 1 aromatic rings. The second-order valence-electron chi connectivity index (χ2n) is 5.00. The molecule has 1 saturated carbocycles. The lowest BCUT2D eigenvalue weighted by Crippen LogP contribution is -2.38. The van der Waals surface area contributed by atoms with Gasteiger partial charge in [-0.3, -0.25) is 4.79 Å². The Morgan fingerprint density at radius 2 is 2.11 bits per heavy atom. The lowest BCUT2D eigenvalue weighted by molar-refractivity contribution is 0.0420. The molecule has 1 fully saturated rings. The maximum Gasteiger partial charge on any atom is 0.251 e. The van der Waals surface area contributed by atoms with Crippen molar-refractivity contribution in [1.29, 1.82) is 0 Å². The standard InChI is InChI=1S/C13H17NO4S/c1-19(17,18)12-4-2-3-10(7-12)13(16)14-8-9-5-11(15)6-9/h2-4,7,9,11,15H,5-6,8H2,1H3,(H,14,16). The van der Waals surface area contributed by atoms with E-state index in [1.54, 1.807) is 12.1 Å². The molecule has 0 unspecified atom stereocenters. The Labute approximate surface area is 112 Å². The molecule has 0 atom stereocenters. The molecule has 5 nitrogen and oxygen atoms in total. The highest BCUT2D eigenvalue weighted by molar-refractivity contribution is 7.90. The van der Waals surface area contributed by atoms with Crippen LogP contribution < -0.4 is 5.32 Å². The Balaban J connectivity index is 1.99. The molecule has 0 bridgehead atoms. The van der Waals surface area contributed by atoms with E-state index in [0.717, 1.165) is 6.26 Å². The number of nitrogens with one attached hydrogen (secondary N) is 1. The zero-order valence-corrected chi connectivity index (χ0v) is 11.5. The SMILES string of the molecule is CS(=O)(=O)c1cccc(C(=O)NCC2CC(O)C2)c1. The average Bonchev–Trinajstić information content (AvgIpc) is 2.32. The summed E-state index contributed by atoms with van der Waals surface area (Å²) < 4.78 is 22.8. The lowest BCUT2D eigenvalue weighted by Gasteiger charge is -2.31. The lowest BCUT2D eigenvalue weighted by atomic mass is 9.82. The van der Waals surface area contributed by atoms with Crippen molar-refractivity contribution in [3.05, 3.63) is 29.8 Å². The quantitative estimate of drug-likeness (QED) is 0.847. The third kappa shape index (κ3) is 3.54. The predicted octanol–water partition coefficient (Wildman–Crippen LogP) is 0.591. The first-order chi connectivity index (χ1) is 8.86. The average molecular weight is 283 g/mol. The van der Waals surface area contributed by atoms with E-state index in [-0.39, 0.29) is 16.9 Å². The van der Waals surface area contributed by atoms with Gasteiger partial charge in [0.2, 0.25) is 0 Å². The number of aliphatic hydroxyl groups is 1. The van der Waals surface area contributed by atoms with Gasteiger partial charge in [0.15, 0.2) is 9.84 Å². The van der Waals surface area contributed by atoms with Gasteiger partial charge in [0.05, 0.1) is 11.0 Å². The Bertz CT molecular complexity index is 576. The van der Waals surface area contributed by atoms with Crippen LogP contribution in [0.3, 0.4) is 0 Å². The second kappa shape index (κ2) is 5.30. The van der Waals surface area contributed by atoms with Crippen molar-refractivity contribution < 1.29 is 18.3 Å². The second-order valence-corrected chi connectivity index (χ2v) is 7.02. The highest BCUT2D eigenvalue weighted by Crippen LogP contribution is 2.26. The molecule has 1 amide bonds. The van der Waals surface area contributed by atoms with Crippen molar-refractivity contribution in [2.75, 3.05) is 12.8 Å². The Kier molecular flexibility index (Phi) is 3.91. The van der Waals surface area contributed by atoms with E-state index in [1.165, 1.54) is 12.1 Å². The predicted molar refractivity (Wildman–Crippen MR) is 70.6 cm³/mol. The first kappa shape index (κ1) is 14.0. The van der Waals surface area contributed by atoms with Crippen LogP contribution in [0.4, 0.5) is 0 Å². The molecule has 2 N–H and O–H groups in total. The van der Waals surface area contributed by atoms with E-state index < -0.39 is 9.84 Å². The number of carbonyl (C=O) groups is 1. The van der Waals surface area contributed by atoms with E-state index in [9.17, 15) is 13.2 Å². The summed E-state index contributed by atoms with van der Waals surface area (Å²) >= 11 is 0. The summed E-state index contributed by atoms with van der Waals surface area (Å²) in [7, 11) is -3.30. The van der Waals surface area contributed by atoms with Crippen LogP contribution in [0, 0.1) is 5.92 Å². The first-order valence-corrected chi connectivity index (χ1v) is 8.02. The molecular formula is C13H17NO4S. The molecule has 0 heterocycles. The van der Waals surface area contributed by atoms with Crippen LogP contribution in [-0.4, -0.2) is 38.3 Å². The number of amides is 1. The molecule has 0 aliphatic heterocycles. The minimum absolute atomic E-state index is 0.138. The maximum absolute atomic E-state index is 11.9. The molecule has 2 rings (SSSR count). The van der Waals surface area contributed by atoms with Crippen molar-refractivity contribution in [3.63, 3.8) is 0 Å². The Morgan fingerprint density at radius 1 is 1.42 bits per heavy atom. The normalized spacial score (nSPS) is 22.6. The van der Waals surface area contributed by atoms with E-state index in [4.69, 9.17) is 5.11 Å². The van der Waals surface area contributed by atoms with Crippen LogP contribution in [0.5, 0.6) is 0 Å². The number of carbonyl (C=O) groups excluding carboxylic acids is 1. The molecule has 0 radical (unpaired) electrons. The first-order valence-electron chi connectivity index (χ1n) is 6.12. The van der Waals surface area contributed by atoms with E-state index in [1.807, 2.05) is 0 Å². The topological polar surface area (TPSA) is 83.5 Å². The highest BCUT2D eigenvalue weighted by Gasteiger charge is 2.27. The van der Waals surface area contributed by atoms with Gasteiger partial charge in [0.1, 0.15) is 0 Å². The summed E-state index contributed by atoms with van der Waals surface area (Å²) in [5.41, 5.74) is 0.336. The molecule has 1 aliphatic rings. The largest absolute Gasteiger partial charge is 0.393 e. The fraction of sp³-hybridized carbons (Fsp3) is 0.462. The summed E-state index contributed by atoms with van der Waals surface area (Å²) in [6.45, 7) is 0.513. The molecular weight excluding hydrogens is 266 g/mol. The summed E-state index contributed by atoms with van der Waals surface area (Å²) in [4.78, 5) is 12.0. The monoisotopic (exact) mass is 283 g/mol. The molecule has 0 spiro atoms. The number of benzene rings is 1. The third-order valence-electron chi connectivity index (χ3n) is 3.29. The minimum Gasteiger partial charge on any atom is -0.393 e. The van der Waals surface area contributed by atoms with Crippen LogP contribution in [0.25, 0.3) is 0 Å². The number of aliphatic hydroxyl groups excluding tert-OH is 1. The van der Waals surface area contributed by atoms with Crippen LogP contribution >= 0.6 is 0 Å². The van der Waals surface area contributed by atoms with E-state index in [0.29, 0.717) is 30.9 Å². The molecule has 19 heavy (non-hydrogen) atoms. The van der Waals surface area contributed by atoms with Crippen molar-refractivity contribution >= 4 is 15.7 Å². The van der Waals surface area contributed by atoms with Gasteiger partial charge in [-0.15, -0.1) is 0 Å². The molecule has 6 heteroatoms. The minimum atomic E-state index is -3.30. The van der Waals surface area contributed by atoms with Gasteiger partial charge in [0.25, 0.3) is 5.91 Å². The van der Waals surface area contributed by atoms with Gasteiger partial charge >= 0.3 is 0 Å². The van der Waals surface area contributed by atoms with Crippen LogP contribution in [0.1, 0.15) is 23.2 Å². The molecule has 0 aromatic heterocycles. The molecule has 1 aliphatic carbocycles. The van der Waals surface area contributed by atoms with Gasteiger partial charge in [0, 0.05) is 18.4 Å². The van der Waals surface area contributed by atoms with Crippen LogP contribution in [-0.2, 0) is 9.84 Å². The van der Waals surface area contributed by atoms with Crippen LogP contribution in [0.15, 0.2) is 29.2 Å². The van der Waals surface area contributed by atoms with Gasteiger partial charge in [-0.2, -0.15) is 0 Å². The van der Waals surface area contributed by atoms with Gasteiger partial charge in [-0.25, -0.2) is 8.42 Å². The highest BCUT2D eigenvalue weighted by atomic mass is 32.2. The number of hydrogen-bond donors (Lipinski definition) is 2. The van der Waals surface area contributed by atoms with Crippen LogP contribution in [0.2, 0.25) is 0 Å². The molecule has 104 valence electrons. The summed E-state index contributed by atoms with van der Waals surface area (Å²) in [5, 5.41) is 11.9. The fourth-order valence-corrected chi connectivity index (χ4v) is 2.74. The Morgan fingerprint density at radius 3 is 2.68 bits per heavy atom. The van der Waals surface area contributed by atoms with Crippen molar-refractivity contribution in [3.8, 4) is 0 Å². The van der Waals surface area contributed by atoms with E-state index in [2.05, 4.69) is 5.32 Å². The number of sulfone groups is 1. The van der Waals surface area contributed by atoms with Gasteiger partial charge in [-0.05, 0) is 37.0 Å². The zero-order chi connectivity index (χ0) is 14.0. The zero-order valence-electron chi connectivity index (χ0n) is 10.7. The summed E-state index contributed by atoms with van der Waals surface area (Å²) in [6.07, 6.45) is 2.29. The van der Waals surface area contributed by atoms with Gasteiger partial charge < -0.3 is 10.4 Å². The summed E-state index contributed by atoms with van der Waals surface area (Å²) in [5.74, 6) is 0.0314. The Hall–Kier alpha value is -1.40. The molecule has 0 saturated heterocycles. The number of rotatable bonds is 4. The third-order valence-corrected chi connectivity index (χ3v) is 4.40. The molecule has 1 aromatic carbocycles. The van der Waals surface area contributed by atoms with Gasteiger partial charge in [-0.1, -0.05) is 6.07 Å². The number of hydrogen-bond acceptors (Lipinski definition) is 4. The fourth-order valence-electron chi connectivity index (χ4n) is 2.07. The van der Waals surface area contributed by atoms with Crippen molar-refractivity contribution in [2.45, 2.75) is 23.8 Å². The summed E-state index contributed by atoms with van der Waals surface area (Å²) in [6, 6.07) is 5.98. The van der Waals surface area contributed by atoms with E-state index >= 15 is 0 Å². The van der Waals surface area contributed by atoms with Crippen molar-refractivity contribution in [2.24, 2.45) is 5.92 Å².